The van der Waals surface area contributed by atoms with Crippen molar-refractivity contribution in [3.8, 4) is 6.07 Å². The quantitative estimate of drug-likeness (QED) is 0.411. The lowest BCUT2D eigenvalue weighted by molar-refractivity contribution is 0.102. The van der Waals surface area contributed by atoms with E-state index in [2.05, 4.69) is 15.9 Å². The first-order valence-electron chi connectivity index (χ1n) is 11.9. The van der Waals surface area contributed by atoms with Crippen molar-refractivity contribution in [1.29, 1.82) is 5.26 Å². The van der Waals surface area contributed by atoms with Crippen molar-refractivity contribution in [3.63, 3.8) is 0 Å². The maximum atomic E-state index is 13.6. The number of rotatable bonds is 6. The van der Waals surface area contributed by atoms with Crippen molar-refractivity contribution in [2.45, 2.75) is 19.1 Å². The molecule has 182 valence electrons. The molecule has 0 saturated carbocycles. The van der Waals surface area contributed by atoms with Gasteiger partial charge in [-0.1, -0.05) is 36.4 Å². The third-order valence-electron chi connectivity index (χ3n) is 6.68. The van der Waals surface area contributed by atoms with Crippen molar-refractivity contribution in [2.24, 2.45) is 0 Å². The lowest BCUT2D eigenvalue weighted by atomic mass is 9.96. The molecule has 0 radical (unpaired) electrons. The number of piperazine rings is 1. The van der Waals surface area contributed by atoms with Crippen LogP contribution in [0.1, 0.15) is 23.0 Å². The predicted molar refractivity (Wildman–Crippen MR) is 133 cm³/mol. The summed E-state index contributed by atoms with van der Waals surface area (Å²) in [5, 5.41) is 9.79. The summed E-state index contributed by atoms with van der Waals surface area (Å²) in [7, 11) is 0. The Kier molecular flexibility index (Phi) is 6.85. The molecule has 0 unspecified atom stereocenters. The van der Waals surface area contributed by atoms with E-state index in [0.717, 1.165) is 24.2 Å². The van der Waals surface area contributed by atoms with Gasteiger partial charge in [-0.25, -0.2) is 13.8 Å². The molecule has 0 N–H and O–H groups in total. The third-order valence-corrected chi connectivity index (χ3v) is 6.68. The van der Waals surface area contributed by atoms with Crippen LogP contribution in [-0.4, -0.2) is 45.5 Å². The fraction of sp³-hybridized carbons (Fsp3) is 0.250. The Bertz CT molecular complexity index is 1410. The molecule has 0 atom stereocenters. The van der Waals surface area contributed by atoms with Gasteiger partial charge in [0.25, 0.3) is 5.56 Å². The fourth-order valence-corrected chi connectivity index (χ4v) is 4.85. The molecule has 0 bridgehead atoms. The van der Waals surface area contributed by atoms with Gasteiger partial charge in [0.15, 0.2) is 0 Å². The van der Waals surface area contributed by atoms with E-state index < -0.39 is 0 Å². The number of aromatic nitrogens is 2. The topological polar surface area (TPSA) is 65.2 Å². The van der Waals surface area contributed by atoms with E-state index in [0.29, 0.717) is 36.4 Å². The molecule has 1 aliphatic rings. The van der Waals surface area contributed by atoms with Gasteiger partial charge in [-0.15, -0.1) is 0 Å². The minimum atomic E-state index is -0.298. The van der Waals surface area contributed by atoms with Crippen molar-refractivity contribution in [2.75, 3.05) is 26.2 Å². The molecule has 1 aromatic heterocycles. The van der Waals surface area contributed by atoms with E-state index in [9.17, 15) is 18.8 Å². The zero-order valence-electron chi connectivity index (χ0n) is 19.6. The molecule has 3 aromatic carbocycles. The molecule has 0 aliphatic carbocycles. The van der Waals surface area contributed by atoms with Gasteiger partial charge < -0.3 is 0 Å². The predicted octanol–water partition coefficient (Wildman–Crippen LogP) is 4.11. The summed E-state index contributed by atoms with van der Waals surface area (Å²) in [4.78, 5) is 22.2. The highest BCUT2D eigenvalue weighted by molar-refractivity contribution is 5.77. The largest absolute Gasteiger partial charge is 0.293 e. The first-order valence-corrected chi connectivity index (χ1v) is 11.9. The summed E-state index contributed by atoms with van der Waals surface area (Å²) in [5.74, 6) is -0.0252. The summed E-state index contributed by atoms with van der Waals surface area (Å²) < 4.78 is 28.7. The second-order valence-corrected chi connectivity index (χ2v) is 8.91. The van der Waals surface area contributed by atoms with Crippen molar-refractivity contribution >= 4 is 10.9 Å². The molecule has 5 rings (SSSR count). The summed E-state index contributed by atoms with van der Waals surface area (Å²) in [6, 6.07) is 22.0. The highest BCUT2D eigenvalue weighted by atomic mass is 19.1. The number of hydrogen-bond donors (Lipinski definition) is 0. The maximum absolute atomic E-state index is 13.6. The molecule has 8 heteroatoms. The third kappa shape index (κ3) is 4.89. The van der Waals surface area contributed by atoms with Crippen LogP contribution in [0.5, 0.6) is 0 Å². The number of halogens is 2. The lowest BCUT2D eigenvalue weighted by Crippen LogP contribution is -2.48. The molecule has 0 amide bonds. The Morgan fingerprint density at radius 3 is 2.03 bits per heavy atom. The Hall–Kier alpha value is -3.93. The van der Waals surface area contributed by atoms with Gasteiger partial charge in [0, 0.05) is 26.2 Å². The highest BCUT2D eigenvalue weighted by Gasteiger charge is 2.27. The van der Waals surface area contributed by atoms with Crippen LogP contribution in [0.15, 0.2) is 77.6 Å². The van der Waals surface area contributed by atoms with E-state index in [1.807, 2.05) is 12.1 Å². The van der Waals surface area contributed by atoms with Gasteiger partial charge >= 0.3 is 0 Å². The van der Waals surface area contributed by atoms with Crippen LogP contribution in [0.25, 0.3) is 10.9 Å². The van der Waals surface area contributed by atoms with Gasteiger partial charge in [0.2, 0.25) is 0 Å². The summed E-state index contributed by atoms with van der Waals surface area (Å²) in [6.07, 6.45) is 0. The van der Waals surface area contributed by atoms with Gasteiger partial charge in [-0.2, -0.15) is 5.26 Å². The molecule has 0 spiro atoms. The minimum absolute atomic E-state index is 0.0524. The monoisotopic (exact) mass is 485 g/mol. The minimum Gasteiger partial charge on any atom is -0.293 e. The van der Waals surface area contributed by atoms with Gasteiger partial charge in [0.1, 0.15) is 24.0 Å². The average molecular weight is 486 g/mol. The molecular formula is C28H25F2N5O. The Labute approximate surface area is 207 Å². The van der Waals surface area contributed by atoms with Crippen molar-refractivity contribution < 1.29 is 8.78 Å². The van der Waals surface area contributed by atoms with Crippen LogP contribution in [-0.2, 0) is 13.1 Å². The van der Waals surface area contributed by atoms with E-state index in [4.69, 9.17) is 4.98 Å². The molecule has 1 saturated heterocycles. The molecule has 6 nitrogen and oxygen atoms in total. The van der Waals surface area contributed by atoms with Crippen LogP contribution < -0.4 is 5.56 Å². The van der Waals surface area contributed by atoms with Gasteiger partial charge in [0.05, 0.1) is 29.6 Å². The van der Waals surface area contributed by atoms with Gasteiger partial charge in [-0.05, 0) is 47.5 Å². The zero-order chi connectivity index (χ0) is 25.1. The van der Waals surface area contributed by atoms with Crippen LogP contribution in [0, 0.1) is 23.0 Å². The highest BCUT2D eigenvalue weighted by Crippen LogP contribution is 2.30. The first-order chi connectivity index (χ1) is 17.5. The summed E-state index contributed by atoms with van der Waals surface area (Å²) in [6.45, 7) is 3.27. The summed E-state index contributed by atoms with van der Waals surface area (Å²) >= 11 is 0. The SMILES string of the molecule is N#CCn1c(CN2CCN(C(c3ccc(F)cc3)c3ccc(F)cc3)CC2)nc2ccccc2c1=O. The second kappa shape index (κ2) is 10.4. The van der Waals surface area contributed by atoms with Crippen molar-refractivity contribution in [3.05, 3.63) is 112 Å². The molecule has 36 heavy (non-hydrogen) atoms. The molecular weight excluding hydrogens is 460 g/mol. The molecule has 2 heterocycles. The van der Waals surface area contributed by atoms with Crippen LogP contribution in [0.2, 0.25) is 0 Å². The first kappa shape index (κ1) is 23.8. The van der Waals surface area contributed by atoms with E-state index in [1.54, 1.807) is 36.4 Å². The normalized spacial score (nSPS) is 14.8. The zero-order valence-corrected chi connectivity index (χ0v) is 19.6. The number of nitrogens with zero attached hydrogens (tertiary/aromatic N) is 5. The summed E-state index contributed by atoms with van der Waals surface area (Å²) in [5.41, 5.74) is 2.30. The lowest BCUT2D eigenvalue weighted by Gasteiger charge is -2.39. The van der Waals surface area contributed by atoms with Crippen LogP contribution in [0.4, 0.5) is 8.78 Å². The molecule has 1 fully saturated rings. The van der Waals surface area contributed by atoms with Crippen LogP contribution >= 0.6 is 0 Å². The Balaban J connectivity index is 1.37. The number of fused-ring (bicyclic) bond motifs is 1. The number of hydrogen-bond acceptors (Lipinski definition) is 5. The number of benzene rings is 3. The van der Waals surface area contributed by atoms with E-state index >= 15 is 0 Å². The second-order valence-electron chi connectivity index (χ2n) is 8.91. The number of nitriles is 1. The Morgan fingerprint density at radius 1 is 0.861 bits per heavy atom. The number of para-hydroxylation sites is 1. The van der Waals surface area contributed by atoms with E-state index in [1.165, 1.54) is 28.8 Å². The maximum Gasteiger partial charge on any atom is 0.262 e. The average Bonchev–Trinajstić information content (AvgIpc) is 2.90. The molecule has 4 aromatic rings. The smallest absolute Gasteiger partial charge is 0.262 e. The van der Waals surface area contributed by atoms with E-state index in [-0.39, 0.29) is 29.8 Å². The van der Waals surface area contributed by atoms with Crippen molar-refractivity contribution in [1.82, 2.24) is 19.4 Å². The Morgan fingerprint density at radius 2 is 1.44 bits per heavy atom. The fourth-order valence-electron chi connectivity index (χ4n) is 4.85. The standard InChI is InChI=1S/C28H25F2N5O/c29-22-9-5-20(6-10-22)27(21-7-11-23(30)12-8-21)34-17-15-33(16-18-34)19-26-32-25-4-2-1-3-24(25)28(36)35(26)14-13-31/h1-12,27H,14-19H2. The molecule has 1 aliphatic heterocycles. The van der Waals surface area contributed by atoms with Crippen LogP contribution in [0.3, 0.4) is 0 Å². The van der Waals surface area contributed by atoms with Gasteiger partial charge in [-0.3, -0.25) is 19.2 Å².